The van der Waals surface area contributed by atoms with E-state index in [1.54, 1.807) is 0 Å². The highest BCUT2D eigenvalue weighted by Gasteiger charge is 2.28. The zero-order chi connectivity index (χ0) is 12.1. The SMILES string of the molecule is CCC1CN(CCN)CCC1c1ccccc1. The molecular formula is C15H24N2. The second-order valence-electron chi connectivity index (χ2n) is 5.06. The molecule has 1 aliphatic rings. The van der Waals surface area contributed by atoms with Crippen molar-refractivity contribution in [3.05, 3.63) is 35.9 Å². The minimum atomic E-state index is 0.746. The number of nitrogens with zero attached hydrogens (tertiary/aromatic N) is 1. The summed E-state index contributed by atoms with van der Waals surface area (Å²) in [6, 6.07) is 11.0. The average molecular weight is 232 g/mol. The van der Waals surface area contributed by atoms with E-state index in [-0.39, 0.29) is 0 Å². The monoisotopic (exact) mass is 232 g/mol. The minimum absolute atomic E-state index is 0.746. The third-order valence-corrected chi connectivity index (χ3v) is 4.02. The number of likely N-dealkylation sites (tertiary alicyclic amines) is 1. The summed E-state index contributed by atoms with van der Waals surface area (Å²) in [5, 5.41) is 0. The Kier molecular flexibility index (Phi) is 4.57. The van der Waals surface area contributed by atoms with E-state index in [4.69, 9.17) is 5.73 Å². The van der Waals surface area contributed by atoms with Crippen molar-refractivity contribution in [2.75, 3.05) is 26.2 Å². The van der Waals surface area contributed by atoms with Crippen LogP contribution in [0.1, 0.15) is 31.2 Å². The number of hydrogen-bond donors (Lipinski definition) is 1. The zero-order valence-corrected chi connectivity index (χ0v) is 10.8. The van der Waals surface area contributed by atoms with Gasteiger partial charge < -0.3 is 10.6 Å². The van der Waals surface area contributed by atoms with Gasteiger partial charge in [-0.3, -0.25) is 0 Å². The average Bonchev–Trinajstić information content (AvgIpc) is 2.40. The molecule has 1 aromatic carbocycles. The van der Waals surface area contributed by atoms with Crippen LogP contribution in [0.2, 0.25) is 0 Å². The second kappa shape index (κ2) is 6.18. The highest BCUT2D eigenvalue weighted by molar-refractivity contribution is 5.21. The second-order valence-corrected chi connectivity index (χ2v) is 5.06. The quantitative estimate of drug-likeness (QED) is 0.864. The Morgan fingerprint density at radius 3 is 2.71 bits per heavy atom. The molecule has 0 radical (unpaired) electrons. The van der Waals surface area contributed by atoms with E-state index in [1.165, 1.54) is 31.5 Å². The molecule has 2 rings (SSSR count). The van der Waals surface area contributed by atoms with E-state index in [0.29, 0.717) is 0 Å². The van der Waals surface area contributed by atoms with Crippen molar-refractivity contribution < 1.29 is 0 Å². The summed E-state index contributed by atoms with van der Waals surface area (Å²) in [6.07, 6.45) is 2.54. The predicted octanol–water partition coefficient (Wildman–Crippen LogP) is 2.46. The van der Waals surface area contributed by atoms with Gasteiger partial charge in [-0.05, 0) is 30.4 Å². The summed E-state index contributed by atoms with van der Waals surface area (Å²) in [6.45, 7) is 6.57. The molecule has 1 fully saturated rings. The van der Waals surface area contributed by atoms with Gasteiger partial charge in [0, 0.05) is 19.6 Å². The van der Waals surface area contributed by atoms with Crippen LogP contribution in [0, 0.1) is 5.92 Å². The molecule has 2 atom stereocenters. The molecule has 2 heteroatoms. The van der Waals surface area contributed by atoms with Crippen molar-refractivity contribution in [2.45, 2.75) is 25.7 Å². The summed E-state index contributed by atoms with van der Waals surface area (Å²) >= 11 is 0. The van der Waals surface area contributed by atoms with E-state index in [2.05, 4.69) is 42.2 Å². The molecule has 17 heavy (non-hydrogen) atoms. The third kappa shape index (κ3) is 3.08. The van der Waals surface area contributed by atoms with E-state index >= 15 is 0 Å². The predicted molar refractivity (Wildman–Crippen MR) is 73.1 cm³/mol. The summed E-state index contributed by atoms with van der Waals surface area (Å²) in [5.41, 5.74) is 7.17. The lowest BCUT2D eigenvalue weighted by Gasteiger charge is -2.38. The van der Waals surface area contributed by atoms with Gasteiger partial charge in [-0.15, -0.1) is 0 Å². The Bertz CT molecular complexity index is 323. The first-order chi connectivity index (χ1) is 8.35. The van der Waals surface area contributed by atoms with Crippen molar-refractivity contribution in [2.24, 2.45) is 11.7 Å². The topological polar surface area (TPSA) is 29.3 Å². The van der Waals surface area contributed by atoms with E-state index in [0.717, 1.165) is 24.9 Å². The van der Waals surface area contributed by atoms with E-state index < -0.39 is 0 Å². The molecule has 2 nitrogen and oxygen atoms in total. The molecule has 1 saturated heterocycles. The first-order valence-electron chi connectivity index (χ1n) is 6.82. The maximum absolute atomic E-state index is 5.65. The summed E-state index contributed by atoms with van der Waals surface area (Å²) in [4.78, 5) is 2.52. The number of nitrogens with two attached hydrogens (primary N) is 1. The van der Waals surface area contributed by atoms with Gasteiger partial charge in [-0.25, -0.2) is 0 Å². The molecule has 1 aliphatic heterocycles. The van der Waals surface area contributed by atoms with Crippen LogP contribution in [0.5, 0.6) is 0 Å². The maximum Gasteiger partial charge on any atom is 0.0105 e. The smallest absolute Gasteiger partial charge is 0.0105 e. The lowest BCUT2D eigenvalue weighted by atomic mass is 9.79. The first kappa shape index (κ1) is 12.6. The van der Waals surface area contributed by atoms with Crippen LogP contribution in [-0.4, -0.2) is 31.1 Å². The molecule has 0 spiro atoms. The van der Waals surface area contributed by atoms with Gasteiger partial charge in [-0.1, -0.05) is 43.7 Å². The molecule has 1 aromatic rings. The van der Waals surface area contributed by atoms with Gasteiger partial charge in [0.1, 0.15) is 0 Å². The van der Waals surface area contributed by atoms with Gasteiger partial charge in [0.05, 0.1) is 0 Å². The van der Waals surface area contributed by atoms with Gasteiger partial charge >= 0.3 is 0 Å². The van der Waals surface area contributed by atoms with Crippen molar-refractivity contribution in [1.29, 1.82) is 0 Å². The molecule has 0 aliphatic carbocycles. The van der Waals surface area contributed by atoms with Crippen LogP contribution < -0.4 is 5.73 Å². The highest BCUT2D eigenvalue weighted by atomic mass is 15.1. The maximum atomic E-state index is 5.65. The Balaban J connectivity index is 2.04. The summed E-state index contributed by atoms with van der Waals surface area (Å²) in [5.74, 6) is 1.54. The molecule has 94 valence electrons. The van der Waals surface area contributed by atoms with Crippen LogP contribution in [0.25, 0.3) is 0 Å². The highest BCUT2D eigenvalue weighted by Crippen LogP contribution is 2.34. The molecule has 0 saturated carbocycles. The molecule has 0 amide bonds. The summed E-state index contributed by atoms with van der Waals surface area (Å²) in [7, 11) is 0. The minimum Gasteiger partial charge on any atom is -0.329 e. The Hall–Kier alpha value is -0.860. The van der Waals surface area contributed by atoms with Crippen molar-refractivity contribution in [1.82, 2.24) is 4.90 Å². The van der Waals surface area contributed by atoms with Crippen molar-refractivity contribution in [3.63, 3.8) is 0 Å². The molecule has 0 aromatic heterocycles. The number of rotatable bonds is 4. The molecule has 2 N–H and O–H groups in total. The third-order valence-electron chi connectivity index (χ3n) is 4.02. The van der Waals surface area contributed by atoms with Gasteiger partial charge in [0.15, 0.2) is 0 Å². The fraction of sp³-hybridized carbons (Fsp3) is 0.600. The normalized spacial score (nSPS) is 26.0. The zero-order valence-electron chi connectivity index (χ0n) is 10.8. The molecule has 0 bridgehead atoms. The number of piperidine rings is 1. The Morgan fingerprint density at radius 1 is 1.29 bits per heavy atom. The Labute approximate surface area is 105 Å². The van der Waals surface area contributed by atoms with Gasteiger partial charge in [0.2, 0.25) is 0 Å². The largest absolute Gasteiger partial charge is 0.329 e. The first-order valence-corrected chi connectivity index (χ1v) is 6.82. The Morgan fingerprint density at radius 2 is 2.06 bits per heavy atom. The lowest BCUT2D eigenvalue weighted by molar-refractivity contribution is 0.154. The van der Waals surface area contributed by atoms with Gasteiger partial charge in [0.25, 0.3) is 0 Å². The van der Waals surface area contributed by atoms with E-state index in [9.17, 15) is 0 Å². The number of benzene rings is 1. The van der Waals surface area contributed by atoms with Gasteiger partial charge in [-0.2, -0.15) is 0 Å². The van der Waals surface area contributed by atoms with Crippen LogP contribution in [0.15, 0.2) is 30.3 Å². The van der Waals surface area contributed by atoms with Crippen LogP contribution in [-0.2, 0) is 0 Å². The molecule has 1 heterocycles. The van der Waals surface area contributed by atoms with Crippen molar-refractivity contribution in [3.8, 4) is 0 Å². The standard InChI is InChI=1S/C15H24N2/c1-2-13-12-17(11-9-16)10-8-15(13)14-6-4-3-5-7-14/h3-7,13,15H,2,8-12,16H2,1H3. The van der Waals surface area contributed by atoms with E-state index in [1.807, 2.05) is 0 Å². The van der Waals surface area contributed by atoms with Crippen molar-refractivity contribution >= 4 is 0 Å². The fourth-order valence-electron chi connectivity index (χ4n) is 3.05. The van der Waals surface area contributed by atoms with Crippen LogP contribution in [0.4, 0.5) is 0 Å². The molecule has 2 unspecified atom stereocenters. The fourth-order valence-corrected chi connectivity index (χ4v) is 3.05. The summed E-state index contributed by atoms with van der Waals surface area (Å²) < 4.78 is 0. The molecular weight excluding hydrogens is 208 g/mol. The van der Waals surface area contributed by atoms with Crippen LogP contribution in [0.3, 0.4) is 0 Å². The van der Waals surface area contributed by atoms with Crippen LogP contribution >= 0.6 is 0 Å². The lowest BCUT2D eigenvalue weighted by Crippen LogP contribution is -2.41. The number of hydrogen-bond acceptors (Lipinski definition) is 2.